The van der Waals surface area contributed by atoms with E-state index in [1.165, 1.54) is 12.1 Å². The molecule has 6 heteroatoms. The van der Waals surface area contributed by atoms with E-state index in [4.69, 9.17) is 5.73 Å². The molecule has 0 fully saturated rings. The van der Waals surface area contributed by atoms with Crippen LogP contribution in [0.15, 0.2) is 48.8 Å². The molecule has 104 valence electrons. The Labute approximate surface area is 119 Å². The lowest BCUT2D eigenvalue weighted by Gasteiger charge is -2.07. The number of hydrogen-bond donors (Lipinski definition) is 2. The van der Waals surface area contributed by atoms with E-state index in [1.807, 2.05) is 0 Å². The van der Waals surface area contributed by atoms with E-state index in [-0.39, 0.29) is 5.56 Å². The molecule has 3 aromatic rings. The highest BCUT2D eigenvalue weighted by atomic mass is 19.1. The second-order valence-electron chi connectivity index (χ2n) is 4.45. The third kappa shape index (κ3) is 2.64. The number of aromatic nitrogens is 2. The molecule has 3 rings (SSSR count). The Morgan fingerprint density at radius 3 is 2.62 bits per heavy atom. The molecule has 0 radical (unpaired) electrons. The van der Waals surface area contributed by atoms with Crippen molar-refractivity contribution in [2.45, 2.75) is 0 Å². The Morgan fingerprint density at radius 1 is 1.05 bits per heavy atom. The molecular formula is C15H11FN4O. The van der Waals surface area contributed by atoms with Gasteiger partial charge in [0.2, 0.25) is 0 Å². The van der Waals surface area contributed by atoms with Gasteiger partial charge in [0.05, 0.1) is 16.6 Å². The van der Waals surface area contributed by atoms with Crippen LogP contribution in [-0.2, 0) is 0 Å². The van der Waals surface area contributed by atoms with Crippen molar-refractivity contribution in [3.63, 3.8) is 0 Å². The lowest BCUT2D eigenvalue weighted by Crippen LogP contribution is -2.14. The molecular weight excluding hydrogens is 271 g/mol. The van der Waals surface area contributed by atoms with Crippen molar-refractivity contribution in [1.29, 1.82) is 0 Å². The maximum Gasteiger partial charge on any atom is 0.258 e. The van der Waals surface area contributed by atoms with E-state index < -0.39 is 11.7 Å². The average Bonchev–Trinajstić information content (AvgIpc) is 2.49. The summed E-state index contributed by atoms with van der Waals surface area (Å²) in [6, 6.07) is 8.94. The molecule has 5 nitrogen and oxygen atoms in total. The molecule has 0 saturated carbocycles. The number of rotatable bonds is 2. The fourth-order valence-corrected chi connectivity index (χ4v) is 1.96. The molecule has 0 saturated heterocycles. The van der Waals surface area contributed by atoms with Crippen LogP contribution in [0.4, 0.5) is 15.8 Å². The van der Waals surface area contributed by atoms with E-state index in [1.54, 1.807) is 30.6 Å². The number of nitrogens with two attached hydrogens (primary N) is 1. The number of halogens is 1. The van der Waals surface area contributed by atoms with Gasteiger partial charge >= 0.3 is 0 Å². The normalized spacial score (nSPS) is 10.5. The minimum atomic E-state index is -0.623. The number of carbonyl (C=O) groups is 1. The van der Waals surface area contributed by atoms with E-state index >= 15 is 0 Å². The number of nitrogen functional groups attached to an aromatic ring is 1. The summed E-state index contributed by atoms with van der Waals surface area (Å²) >= 11 is 0. The molecule has 1 amide bonds. The Bertz CT molecular complexity index is 835. The fraction of sp³-hybridized carbons (Fsp3) is 0. The van der Waals surface area contributed by atoms with Gasteiger partial charge in [0, 0.05) is 23.8 Å². The maximum absolute atomic E-state index is 13.6. The summed E-state index contributed by atoms with van der Waals surface area (Å²) in [5.74, 6) is -1.19. The summed E-state index contributed by atoms with van der Waals surface area (Å²) in [4.78, 5) is 20.4. The molecule has 0 bridgehead atoms. The second kappa shape index (κ2) is 5.16. The van der Waals surface area contributed by atoms with Gasteiger partial charge in [-0.05, 0) is 36.4 Å². The molecule has 0 aliphatic carbocycles. The molecule has 0 aliphatic heterocycles. The standard InChI is InChI=1S/C15H11FN4O/c16-12-3-1-9(17)7-11(12)15(21)20-10-2-4-13-14(8-10)19-6-5-18-13/h1-8H,17H2,(H,20,21). The van der Waals surface area contributed by atoms with E-state index in [0.29, 0.717) is 22.4 Å². The van der Waals surface area contributed by atoms with Crippen molar-refractivity contribution in [1.82, 2.24) is 9.97 Å². The smallest absolute Gasteiger partial charge is 0.258 e. The Balaban J connectivity index is 1.90. The zero-order valence-corrected chi connectivity index (χ0v) is 10.9. The van der Waals surface area contributed by atoms with E-state index in [0.717, 1.165) is 6.07 Å². The van der Waals surface area contributed by atoms with Gasteiger partial charge in [-0.2, -0.15) is 0 Å². The van der Waals surface area contributed by atoms with Crippen molar-refractivity contribution in [2.24, 2.45) is 0 Å². The van der Waals surface area contributed by atoms with E-state index in [9.17, 15) is 9.18 Å². The number of benzene rings is 2. The van der Waals surface area contributed by atoms with Crippen LogP contribution in [0.2, 0.25) is 0 Å². The van der Waals surface area contributed by atoms with Crippen molar-refractivity contribution < 1.29 is 9.18 Å². The molecule has 3 N–H and O–H groups in total. The molecule has 0 unspecified atom stereocenters. The van der Waals surface area contributed by atoms with Crippen LogP contribution in [0.1, 0.15) is 10.4 Å². The van der Waals surface area contributed by atoms with Gasteiger partial charge in [0.15, 0.2) is 0 Å². The van der Waals surface area contributed by atoms with Gasteiger partial charge in [-0.25, -0.2) is 4.39 Å². The topological polar surface area (TPSA) is 80.9 Å². The SMILES string of the molecule is Nc1ccc(F)c(C(=O)Nc2ccc3nccnc3c2)c1. The van der Waals surface area contributed by atoms with Crippen LogP contribution in [0.3, 0.4) is 0 Å². The summed E-state index contributed by atoms with van der Waals surface area (Å²) in [6.45, 7) is 0. The zero-order chi connectivity index (χ0) is 14.8. The Hall–Kier alpha value is -3.02. The highest BCUT2D eigenvalue weighted by Gasteiger charge is 2.12. The first kappa shape index (κ1) is 13.0. The monoisotopic (exact) mass is 282 g/mol. The zero-order valence-electron chi connectivity index (χ0n) is 10.9. The van der Waals surface area contributed by atoms with Gasteiger partial charge in [0.25, 0.3) is 5.91 Å². The van der Waals surface area contributed by atoms with Crippen LogP contribution in [0.25, 0.3) is 11.0 Å². The van der Waals surface area contributed by atoms with Crippen LogP contribution in [0, 0.1) is 5.82 Å². The first-order chi connectivity index (χ1) is 10.1. The van der Waals surface area contributed by atoms with Gasteiger partial charge in [-0.1, -0.05) is 0 Å². The molecule has 0 atom stereocenters. The Morgan fingerprint density at radius 2 is 1.81 bits per heavy atom. The predicted octanol–water partition coefficient (Wildman–Crippen LogP) is 2.60. The second-order valence-corrected chi connectivity index (χ2v) is 4.45. The van der Waals surface area contributed by atoms with Crippen molar-refractivity contribution in [2.75, 3.05) is 11.1 Å². The first-order valence-corrected chi connectivity index (χ1v) is 6.20. The lowest BCUT2D eigenvalue weighted by molar-refractivity contribution is 0.102. The highest BCUT2D eigenvalue weighted by molar-refractivity contribution is 6.05. The Kier molecular flexibility index (Phi) is 3.19. The summed E-state index contributed by atoms with van der Waals surface area (Å²) in [5.41, 5.74) is 7.66. The molecule has 2 aromatic carbocycles. The number of amides is 1. The maximum atomic E-state index is 13.6. The minimum Gasteiger partial charge on any atom is -0.399 e. The fourth-order valence-electron chi connectivity index (χ4n) is 1.96. The molecule has 1 aromatic heterocycles. The number of anilines is 2. The summed E-state index contributed by atoms with van der Waals surface area (Å²) in [5, 5.41) is 2.62. The molecule has 1 heterocycles. The summed E-state index contributed by atoms with van der Waals surface area (Å²) in [6.07, 6.45) is 3.15. The highest BCUT2D eigenvalue weighted by Crippen LogP contribution is 2.18. The summed E-state index contributed by atoms with van der Waals surface area (Å²) in [7, 11) is 0. The summed E-state index contributed by atoms with van der Waals surface area (Å²) < 4.78 is 13.6. The number of nitrogens with one attached hydrogen (secondary N) is 1. The van der Waals surface area contributed by atoms with Gasteiger partial charge in [-0.15, -0.1) is 0 Å². The van der Waals surface area contributed by atoms with Crippen molar-refractivity contribution in [3.05, 3.63) is 60.2 Å². The van der Waals surface area contributed by atoms with Gasteiger partial charge < -0.3 is 11.1 Å². The lowest BCUT2D eigenvalue weighted by atomic mass is 10.1. The average molecular weight is 282 g/mol. The molecule has 0 spiro atoms. The largest absolute Gasteiger partial charge is 0.399 e. The number of hydrogen-bond acceptors (Lipinski definition) is 4. The van der Waals surface area contributed by atoms with Crippen LogP contribution in [0.5, 0.6) is 0 Å². The van der Waals surface area contributed by atoms with Crippen LogP contribution >= 0.6 is 0 Å². The third-order valence-corrected chi connectivity index (χ3v) is 2.96. The number of fused-ring (bicyclic) bond motifs is 1. The number of carbonyl (C=O) groups excluding carboxylic acids is 1. The van der Waals surface area contributed by atoms with Crippen LogP contribution < -0.4 is 11.1 Å². The van der Waals surface area contributed by atoms with Gasteiger partial charge in [-0.3, -0.25) is 14.8 Å². The number of nitrogens with zero attached hydrogens (tertiary/aromatic N) is 2. The van der Waals surface area contributed by atoms with Gasteiger partial charge in [0.1, 0.15) is 5.82 Å². The van der Waals surface area contributed by atoms with E-state index in [2.05, 4.69) is 15.3 Å². The quantitative estimate of drug-likeness (QED) is 0.708. The predicted molar refractivity (Wildman–Crippen MR) is 78.3 cm³/mol. The van der Waals surface area contributed by atoms with Crippen molar-refractivity contribution in [3.8, 4) is 0 Å². The van der Waals surface area contributed by atoms with Crippen molar-refractivity contribution >= 4 is 28.3 Å². The third-order valence-electron chi connectivity index (χ3n) is 2.96. The minimum absolute atomic E-state index is 0.103. The molecule has 0 aliphatic rings. The van der Waals surface area contributed by atoms with Crippen LogP contribution in [-0.4, -0.2) is 15.9 Å². The first-order valence-electron chi connectivity index (χ1n) is 6.20. The molecule has 21 heavy (non-hydrogen) atoms.